The highest BCUT2D eigenvalue weighted by Gasteiger charge is 2.18. The second-order valence-electron chi connectivity index (χ2n) is 7.10. The van der Waals surface area contributed by atoms with Crippen LogP contribution in [-0.2, 0) is 4.79 Å². The molecular formula is C21H29N5O2. The van der Waals surface area contributed by atoms with Crippen LogP contribution >= 0.6 is 0 Å². The lowest BCUT2D eigenvalue weighted by Gasteiger charge is -2.34. The zero-order valence-corrected chi connectivity index (χ0v) is 16.7. The van der Waals surface area contributed by atoms with Crippen LogP contribution in [0.2, 0.25) is 0 Å². The van der Waals surface area contributed by atoms with Crippen molar-refractivity contribution in [2.24, 2.45) is 0 Å². The minimum atomic E-state index is -0.504. The van der Waals surface area contributed by atoms with Crippen molar-refractivity contribution in [1.82, 2.24) is 20.2 Å². The standard InChI is InChI=1S/C21H29N5O2/c1-17-6-3-7-19(16-17)28-18(2)20(27)22-10-5-11-25-12-14-26(15-13-25)21-23-8-4-9-24-21/h3-4,6-9,16,18H,5,10-15H2,1-2H3,(H,22,27). The van der Waals surface area contributed by atoms with Crippen LogP contribution in [0.3, 0.4) is 0 Å². The Labute approximate surface area is 166 Å². The first-order valence-corrected chi connectivity index (χ1v) is 9.87. The Morgan fingerprint density at radius 3 is 2.64 bits per heavy atom. The molecule has 1 aliphatic rings. The summed E-state index contributed by atoms with van der Waals surface area (Å²) in [5.74, 6) is 1.45. The SMILES string of the molecule is Cc1cccc(OC(C)C(=O)NCCCN2CCN(c3ncccn3)CC2)c1. The summed E-state index contributed by atoms with van der Waals surface area (Å²) >= 11 is 0. The number of nitrogens with zero attached hydrogens (tertiary/aromatic N) is 4. The van der Waals surface area contributed by atoms with Crippen molar-refractivity contribution in [3.63, 3.8) is 0 Å². The number of piperazine rings is 1. The molecule has 28 heavy (non-hydrogen) atoms. The van der Waals surface area contributed by atoms with Crippen molar-refractivity contribution in [2.75, 3.05) is 44.2 Å². The van der Waals surface area contributed by atoms with Gasteiger partial charge in [-0.25, -0.2) is 9.97 Å². The van der Waals surface area contributed by atoms with Crippen LogP contribution in [0.5, 0.6) is 5.75 Å². The first-order chi connectivity index (χ1) is 13.6. The first kappa shape index (κ1) is 20.1. The number of benzene rings is 1. The number of carbonyl (C=O) groups excluding carboxylic acids is 1. The van der Waals surface area contributed by atoms with Crippen molar-refractivity contribution >= 4 is 11.9 Å². The van der Waals surface area contributed by atoms with Gasteiger partial charge in [0.15, 0.2) is 6.10 Å². The first-order valence-electron chi connectivity index (χ1n) is 9.87. The number of ether oxygens (including phenoxy) is 1. The van der Waals surface area contributed by atoms with E-state index in [1.165, 1.54) is 0 Å². The molecule has 1 amide bonds. The van der Waals surface area contributed by atoms with E-state index in [-0.39, 0.29) is 5.91 Å². The highest BCUT2D eigenvalue weighted by molar-refractivity contribution is 5.80. The second-order valence-corrected chi connectivity index (χ2v) is 7.10. The summed E-state index contributed by atoms with van der Waals surface area (Å²) in [4.78, 5) is 25.5. The smallest absolute Gasteiger partial charge is 0.260 e. The van der Waals surface area contributed by atoms with Gasteiger partial charge in [-0.3, -0.25) is 9.69 Å². The quantitative estimate of drug-likeness (QED) is 0.702. The highest BCUT2D eigenvalue weighted by atomic mass is 16.5. The fourth-order valence-corrected chi connectivity index (χ4v) is 3.23. The van der Waals surface area contributed by atoms with Crippen LogP contribution in [0.15, 0.2) is 42.7 Å². The zero-order chi connectivity index (χ0) is 19.8. The Bertz CT molecular complexity index is 747. The number of aryl methyl sites for hydroxylation is 1. The molecule has 2 aromatic rings. The number of nitrogens with one attached hydrogen (secondary N) is 1. The molecule has 1 atom stereocenters. The van der Waals surface area contributed by atoms with Gasteiger partial charge in [0.1, 0.15) is 5.75 Å². The molecule has 3 rings (SSSR count). The summed E-state index contributed by atoms with van der Waals surface area (Å²) in [6, 6.07) is 9.57. The van der Waals surface area contributed by atoms with E-state index in [9.17, 15) is 4.79 Å². The zero-order valence-electron chi connectivity index (χ0n) is 16.7. The summed E-state index contributed by atoms with van der Waals surface area (Å²) in [6.45, 7) is 9.24. The van der Waals surface area contributed by atoms with E-state index < -0.39 is 6.10 Å². The second kappa shape index (κ2) is 10.0. The number of anilines is 1. The van der Waals surface area contributed by atoms with Crippen LogP contribution in [0.4, 0.5) is 5.95 Å². The van der Waals surface area contributed by atoms with Crippen molar-refractivity contribution in [2.45, 2.75) is 26.4 Å². The molecule has 1 aromatic heterocycles. The molecule has 1 aromatic carbocycles. The van der Waals surface area contributed by atoms with Gasteiger partial charge in [-0.15, -0.1) is 0 Å². The van der Waals surface area contributed by atoms with Gasteiger partial charge in [0.2, 0.25) is 5.95 Å². The predicted molar refractivity (Wildman–Crippen MR) is 110 cm³/mol. The molecule has 0 spiro atoms. The molecule has 7 nitrogen and oxygen atoms in total. The molecule has 0 bridgehead atoms. The van der Waals surface area contributed by atoms with Crippen LogP contribution in [0, 0.1) is 6.92 Å². The van der Waals surface area contributed by atoms with E-state index >= 15 is 0 Å². The summed E-state index contributed by atoms with van der Waals surface area (Å²) in [7, 11) is 0. The Kier molecular flexibility index (Phi) is 7.19. The third kappa shape index (κ3) is 5.92. The third-order valence-corrected chi connectivity index (χ3v) is 4.83. The van der Waals surface area contributed by atoms with Gasteiger partial charge in [0.05, 0.1) is 0 Å². The van der Waals surface area contributed by atoms with Crippen LogP contribution in [0.1, 0.15) is 18.9 Å². The molecule has 0 radical (unpaired) electrons. The fourth-order valence-electron chi connectivity index (χ4n) is 3.23. The van der Waals surface area contributed by atoms with Gasteiger partial charge in [-0.1, -0.05) is 12.1 Å². The van der Waals surface area contributed by atoms with Crippen molar-refractivity contribution in [1.29, 1.82) is 0 Å². The van der Waals surface area contributed by atoms with Gasteiger partial charge in [0, 0.05) is 45.1 Å². The number of amides is 1. The summed E-state index contributed by atoms with van der Waals surface area (Å²) in [6.07, 6.45) is 3.98. The minimum Gasteiger partial charge on any atom is -0.481 e. The molecular weight excluding hydrogens is 354 g/mol. The van der Waals surface area contributed by atoms with Crippen molar-refractivity contribution in [3.8, 4) is 5.75 Å². The number of carbonyl (C=O) groups is 1. The Hall–Kier alpha value is -2.67. The van der Waals surface area contributed by atoms with E-state index in [4.69, 9.17) is 4.74 Å². The van der Waals surface area contributed by atoms with Crippen LogP contribution < -0.4 is 15.0 Å². The molecule has 7 heteroatoms. The summed E-state index contributed by atoms with van der Waals surface area (Å²) < 4.78 is 5.72. The topological polar surface area (TPSA) is 70.6 Å². The maximum absolute atomic E-state index is 12.2. The van der Waals surface area contributed by atoms with E-state index in [1.807, 2.05) is 37.3 Å². The minimum absolute atomic E-state index is 0.0763. The number of aromatic nitrogens is 2. The monoisotopic (exact) mass is 383 g/mol. The fraction of sp³-hybridized carbons (Fsp3) is 0.476. The summed E-state index contributed by atoms with van der Waals surface area (Å²) in [5, 5.41) is 2.97. The lowest BCUT2D eigenvalue weighted by atomic mass is 10.2. The van der Waals surface area contributed by atoms with Gasteiger partial charge in [-0.2, -0.15) is 0 Å². The lowest BCUT2D eigenvalue weighted by Crippen LogP contribution is -2.47. The van der Waals surface area contributed by atoms with Gasteiger partial charge >= 0.3 is 0 Å². The third-order valence-electron chi connectivity index (χ3n) is 4.83. The molecule has 1 N–H and O–H groups in total. The maximum Gasteiger partial charge on any atom is 0.260 e. The van der Waals surface area contributed by atoms with Gasteiger partial charge in [-0.05, 0) is 50.6 Å². The predicted octanol–water partition coefficient (Wildman–Crippen LogP) is 1.88. The van der Waals surface area contributed by atoms with E-state index in [0.29, 0.717) is 6.54 Å². The summed E-state index contributed by atoms with van der Waals surface area (Å²) in [5.41, 5.74) is 1.11. The molecule has 0 saturated carbocycles. The normalized spacial score (nSPS) is 15.9. The molecule has 1 unspecified atom stereocenters. The molecule has 2 heterocycles. The maximum atomic E-state index is 12.2. The molecule has 1 fully saturated rings. The Morgan fingerprint density at radius 2 is 1.93 bits per heavy atom. The molecule has 0 aliphatic carbocycles. The Morgan fingerprint density at radius 1 is 1.18 bits per heavy atom. The average Bonchev–Trinajstić information content (AvgIpc) is 2.72. The van der Waals surface area contributed by atoms with Gasteiger partial charge in [0.25, 0.3) is 5.91 Å². The van der Waals surface area contributed by atoms with Crippen LogP contribution in [-0.4, -0.2) is 66.1 Å². The largest absolute Gasteiger partial charge is 0.481 e. The van der Waals surface area contributed by atoms with E-state index in [1.54, 1.807) is 19.3 Å². The highest BCUT2D eigenvalue weighted by Crippen LogP contribution is 2.14. The van der Waals surface area contributed by atoms with Crippen molar-refractivity contribution in [3.05, 3.63) is 48.3 Å². The van der Waals surface area contributed by atoms with Gasteiger partial charge < -0.3 is 15.0 Å². The lowest BCUT2D eigenvalue weighted by molar-refractivity contribution is -0.127. The number of hydrogen-bond donors (Lipinski definition) is 1. The number of hydrogen-bond acceptors (Lipinski definition) is 6. The van der Waals surface area contributed by atoms with Crippen molar-refractivity contribution < 1.29 is 9.53 Å². The molecule has 150 valence electrons. The van der Waals surface area contributed by atoms with Crippen LogP contribution in [0.25, 0.3) is 0 Å². The number of rotatable bonds is 8. The molecule has 1 aliphatic heterocycles. The molecule has 1 saturated heterocycles. The van der Waals surface area contributed by atoms with E-state index in [0.717, 1.165) is 56.4 Å². The average molecular weight is 383 g/mol. The van der Waals surface area contributed by atoms with E-state index in [2.05, 4.69) is 25.1 Å². The Balaban J connectivity index is 1.31.